The van der Waals surface area contributed by atoms with E-state index in [4.69, 9.17) is 5.10 Å². The molecule has 120 valence electrons. The Hall–Kier alpha value is -3.33. The molecule has 0 aliphatic heterocycles. The van der Waals surface area contributed by atoms with Gasteiger partial charge in [0.1, 0.15) is 0 Å². The highest BCUT2D eigenvalue weighted by Gasteiger charge is 2.18. The van der Waals surface area contributed by atoms with Crippen molar-refractivity contribution in [2.45, 2.75) is 6.92 Å². The lowest BCUT2D eigenvalue weighted by atomic mass is 10.1. The first-order valence-corrected chi connectivity index (χ1v) is 8.43. The van der Waals surface area contributed by atoms with E-state index < -0.39 is 0 Å². The summed E-state index contributed by atoms with van der Waals surface area (Å²) in [6, 6.07) is 29.6. The van der Waals surface area contributed by atoms with Gasteiger partial charge in [0.15, 0.2) is 0 Å². The first kappa shape index (κ1) is 14.1. The van der Waals surface area contributed by atoms with Crippen molar-refractivity contribution < 1.29 is 4.63 Å². The molecule has 0 radical (unpaired) electrons. The summed E-state index contributed by atoms with van der Waals surface area (Å²) in [4.78, 5) is 0. The largest absolute Gasteiger partial charge is 0.233 e. The van der Waals surface area contributed by atoms with Crippen LogP contribution in [0.1, 0.15) is 5.56 Å². The molecule has 2 heterocycles. The van der Waals surface area contributed by atoms with Crippen LogP contribution in [0.2, 0.25) is 0 Å². The van der Waals surface area contributed by atoms with Crippen LogP contribution in [0.25, 0.3) is 33.5 Å². The van der Waals surface area contributed by atoms with E-state index in [-0.39, 0.29) is 0 Å². The van der Waals surface area contributed by atoms with Crippen LogP contribution in [-0.2, 0) is 0 Å². The van der Waals surface area contributed by atoms with Crippen molar-refractivity contribution in [3.63, 3.8) is 0 Å². The summed E-state index contributed by atoms with van der Waals surface area (Å²) in [5.74, 6) is 0. The first-order chi connectivity index (χ1) is 12.3. The van der Waals surface area contributed by atoms with E-state index in [1.807, 2.05) is 16.8 Å². The zero-order valence-corrected chi connectivity index (χ0v) is 13.9. The maximum absolute atomic E-state index is 4.84. The number of nitrogens with zero attached hydrogens (tertiary/aromatic N) is 3. The number of hydrogen-bond acceptors (Lipinski definition) is 0. The minimum atomic E-state index is 0.994. The Morgan fingerprint density at radius 1 is 0.760 bits per heavy atom. The summed E-state index contributed by atoms with van der Waals surface area (Å²) in [5.41, 5.74) is 7.95. The molecule has 0 atom stereocenters. The van der Waals surface area contributed by atoms with Crippen molar-refractivity contribution in [1.29, 1.82) is 0 Å². The van der Waals surface area contributed by atoms with E-state index in [2.05, 4.69) is 84.2 Å². The van der Waals surface area contributed by atoms with Gasteiger partial charge < -0.3 is 0 Å². The second-order valence-corrected chi connectivity index (χ2v) is 6.34. The van der Waals surface area contributed by atoms with Gasteiger partial charge in [0, 0.05) is 28.4 Å². The number of hydrogen-bond donors (Lipinski definition) is 0. The number of aromatic nitrogens is 3. The lowest BCUT2D eigenvalue weighted by Crippen LogP contribution is -2.32. The van der Waals surface area contributed by atoms with Crippen molar-refractivity contribution >= 4 is 11.0 Å². The second kappa shape index (κ2) is 5.35. The number of para-hydroxylation sites is 1. The SMILES string of the molecule is Cc1ccc(-c2cc(-c3ccccc3)n3c4ccccc4[n-][n+]23)cc1. The summed E-state index contributed by atoms with van der Waals surface area (Å²) in [5, 5.41) is 4.84. The third-order valence-electron chi connectivity index (χ3n) is 4.64. The number of aryl methyl sites for hydroxylation is 1. The van der Waals surface area contributed by atoms with E-state index in [1.54, 1.807) is 0 Å². The van der Waals surface area contributed by atoms with E-state index in [1.165, 1.54) is 11.1 Å². The topological polar surface area (TPSA) is 22.6 Å². The third kappa shape index (κ3) is 2.17. The Morgan fingerprint density at radius 2 is 1.48 bits per heavy atom. The molecule has 0 fully saturated rings. The van der Waals surface area contributed by atoms with Crippen LogP contribution >= 0.6 is 0 Å². The van der Waals surface area contributed by atoms with Crippen molar-refractivity contribution in [3.05, 3.63) is 90.5 Å². The van der Waals surface area contributed by atoms with Gasteiger partial charge in [-0.1, -0.05) is 72.3 Å². The summed E-state index contributed by atoms with van der Waals surface area (Å²) >= 11 is 0. The molecule has 5 rings (SSSR count). The Labute approximate surface area is 145 Å². The van der Waals surface area contributed by atoms with Gasteiger partial charge >= 0.3 is 0 Å². The molecule has 3 heteroatoms. The van der Waals surface area contributed by atoms with Crippen LogP contribution in [0.3, 0.4) is 0 Å². The molecule has 25 heavy (non-hydrogen) atoms. The molecule has 0 bridgehead atoms. The van der Waals surface area contributed by atoms with Crippen molar-refractivity contribution in [1.82, 2.24) is 9.61 Å². The normalized spacial score (nSPS) is 11.4. The van der Waals surface area contributed by atoms with Crippen LogP contribution < -0.4 is 9.73 Å². The highest BCUT2D eigenvalue weighted by Crippen LogP contribution is 2.26. The standard InChI is InChI=1S/C22H17N3/c1-16-11-13-18(14-12-16)22-15-21(17-7-3-2-4-8-17)24-20-10-6-5-9-19(20)23-25(22)24/h2-15H,1H3. The predicted molar refractivity (Wildman–Crippen MR) is 99.5 cm³/mol. The number of fused-ring (bicyclic) bond motifs is 3. The maximum Gasteiger partial charge on any atom is 0.233 e. The fourth-order valence-electron chi connectivity index (χ4n) is 3.36. The summed E-state index contributed by atoms with van der Waals surface area (Å²) in [6.07, 6.45) is 0. The van der Waals surface area contributed by atoms with Gasteiger partial charge in [0.2, 0.25) is 5.69 Å². The maximum atomic E-state index is 4.84. The molecule has 0 aliphatic carbocycles. The molecule has 0 saturated carbocycles. The second-order valence-electron chi connectivity index (χ2n) is 6.34. The van der Waals surface area contributed by atoms with Gasteiger partial charge in [-0.05, 0) is 24.6 Å². The molecule has 0 unspecified atom stereocenters. The van der Waals surface area contributed by atoms with Crippen LogP contribution in [0.5, 0.6) is 0 Å². The van der Waals surface area contributed by atoms with Crippen molar-refractivity contribution in [3.8, 4) is 22.5 Å². The van der Waals surface area contributed by atoms with Gasteiger partial charge in [0.25, 0.3) is 0 Å². The monoisotopic (exact) mass is 323 g/mol. The third-order valence-corrected chi connectivity index (χ3v) is 4.64. The molecule has 5 aromatic rings. The average molecular weight is 323 g/mol. The van der Waals surface area contributed by atoms with Crippen LogP contribution in [0.4, 0.5) is 0 Å². The Balaban J connectivity index is 1.89. The van der Waals surface area contributed by atoms with Crippen LogP contribution in [0.15, 0.2) is 84.9 Å². The average Bonchev–Trinajstić information content (AvgIpc) is 3.21. The van der Waals surface area contributed by atoms with Crippen LogP contribution in [-0.4, -0.2) is 4.52 Å². The molecule has 0 saturated heterocycles. The highest BCUT2D eigenvalue weighted by atomic mass is 15.5. The van der Waals surface area contributed by atoms with E-state index >= 15 is 0 Å². The minimum absolute atomic E-state index is 0.994. The molecule has 0 N–H and O–H groups in total. The van der Waals surface area contributed by atoms with Gasteiger partial charge in [-0.15, -0.1) is 4.63 Å². The number of benzene rings is 3. The van der Waals surface area contributed by atoms with Gasteiger partial charge in [-0.2, -0.15) is 5.10 Å². The van der Waals surface area contributed by atoms with Gasteiger partial charge in [-0.25, -0.2) is 4.52 Å². The Kier molecular flexibility index (Phi) is 3.01. The molecule has 0 spiro atoms. The predicted octanol–water partition coefficient (Wildman–Crippen LogP) is 4.28. The van der Waals surface area contributed by atoms with Crippen LogP contribution in [0, 0.1) is 6.92 Å². The van der Waals surface area contributed by atoms with Gasteiger partial charge in [0.05, 0.1) is 0 Å². The quantitative estimate of drug-likeness (QED) is 0.445. The summed E-state index contributed by atoms with van der Waals surface area (Å²) in [6.45, 7) is 2.11. The molecule has 0 aliphatic rings. The minimum Gasteiger partial charge on any atom is -0.217 e. The molecule has 0 amide bonds. The first-order valence-electron chi connectivity index (χ1n) is 8.43. The Morgan fingerprint density at radius 3 is 2.28 bits per heavy atom. The van der Waals surface area contributed by atoms with E-state index in [0.717, 1.165) is 28.0 Å². The summed E-state index contributed by atoms with van der Waals surface area (Å²) in [7, 11) is 0. The zero-order valence-electron chi connectivity index (χ0n) is 13.9. The molecule has 2 aromatic heterocycles. The van der Waals surface area contributed by atoms with Crippen molar-refractivity contribution in [2.24, 2.45) is 0 Å². The van der Waals surface area contributed by atoms with Crippen molar-refractivity contribution in [2.75, 3.05) is 0 Å². The fourth-order valence-corrected chi connectivity index (χ4v) is 3.36. The van der Waals surface area contributed by atoms with E-state index in [0.29, 0.717) is 0 Å². The molecular weight excluding hydrogens is 306 g/mol. The fraction of sp³-hybridized carbons (Fsp3) is 0.0455. The molecule has 3 nitrogen and oxygen atoms in total. The lowest BCUT2D eigenvalue weighted by molar-refractivity contribution is -0.662. The van der Waals surface area contributed by atoms with E-state index in [9.17, 15) is 0 Å². The Bertz CT molecular complexity index is 1180. The number of rotatable bonds is 2. The lowest BCUT2D eigenvalue weighted by Gasteiger charge is -2.01. The highest BCUT2D eigenvalue weighted by molar-refractivity contribution is 5.77. The summed E-state index contributed by atoms with van der Waals surface area (Å²) < 4.78 is 4.21. The molecule has 3 aromatic carbocycles. The smallest absolute Gasteiger partial charge is 0.217 e. The molecular formula is C22H17N3. The van der Waals surface area contributed by atoms with Gasteiger partial charge in [-0.3, -0.25) is 0 Å². The zero-order chi connectivity index (χ0) is 16.8.